The first kappa shape index (κ1) is 16.2. The van der Waals surface area contributed by atoms with Gasteiger partial charge in [-0.3, -0.25) is 14.6 Å². The summed E-state index contributed by atoms with van der Waals surface area (Å²) >= 11 is 0. The molecule has 1 unspecified atom stereocenters. The second-order valence-electron chi connectivity index (χ2n) is 5.89. The molecule has 0 radical (unpaired) electrons. The number of carbonyl (C=O) groups excluding carboxylic acids is 2. The van der Waals surface area contributed by atoms with Crippen molar-refractivity contribution in [2.75, 3.05) is 11.9 Å². The quantitative estimate of drug-likeness (QED) is 0.938. The van der Waals surface area contributed by atoms with Crippen LogP contribution in [0.3, 0.4) is 0 Å². The van der Waals surface area contributed by atoms with Gasteiger partial charge in [-0.2, -0.15) is 0 Å². The Labute approximate surface area is 141 Å². The normalized spacial score (nSPS) is 16.9. The van der Waals surface area contributed by atoms with Crippen molar-refractivity contribution in [1.29, 1.82) is 0 Å². The smallest absolute Gasteiger partial charge is 0.254 e. The summed E-state index contributed by atoms with van der Waals surface area (Å²) in [7, 11) is 0. The molecule has 1 aliphatic heterocycles. The molecule has 1 fully saturated rings. The fourth-order valence-corrected chi connectivity index (χ4v) is 3.04. The Kier molecular flexibility index (Phi) is 4.89. The summed E-state index contributed by atoms with van der Waals surface area (Å²) in [6.07, 6.45) is 4.07. The van der Waals surface area contributed by atoms with Crippen LogP contribution in [0.2, 0.25) is 0 Å². The van der Waals surface area contributed by atoms with Crippen LogP contribution in [0, 0.1) is 0 Å². The van der Waals surface area contributed by atoms with Crippen LogP contribution >= 0.6 is 0 Å². The zero-order valence-electron chi connectivity index (χ0n) is 13.7. The number of anilines is 1. The Bertz CT molecular complexity index is 730. The van der Waals surface area contributed by atoms with Crippen molar-refractivity contribution in [2.24, 2.45) is 0 Å². The van der Waals surface area contributed by atoms with Gasteiger partial charge in [-0.1, -0.05) is 19.1 Å². The highest BCUT2D eigenvalue weighted by atomic mass is 16.2. The fourth-order valence-electron chi connectivity index (χ4n) is 3.04. The van der Waals surface area contributed by atoms with Crippen LogP contribution in [0.1, 0.15) is 48.3 Å². The Morgan fingerprint density at radius 1 is 1.25 bits per heavy atom. The van der Waals surface area contributed by atoms with Crippen LogP contribution in [-0.4, -0.2) is 28.2 Å². The van der Waals surface area contributed by atoms with E-state index in [1.54, 1.807) is 37.4 Å². The Morgan fingerprint density at radius 2 is 2.12 bits per heavy atom. The third-order valence-corrected chi connectivity index (χ3v) is 4.26. The van der Waals surface area contributed by atoms with E-state index in [2.05, 4.69) is 10.3 Å². The lowest BCUT2D eigenvalue weighted by molar-refractivity contribution is -0.115. The van der Waals surface area contributed by atoms with Crippen molar-refractivity contribution < 1.29 is 9.59 Å². The third-order valence-electron chi connectivity index (χ3n) is 4.26. The maximum atomic E-state index is 12.9. The monoisotopic (exact) mass is 323 g/mol. The van der Waals surface area contributed by atoms with E-state index in [0.717, 1.165) is 25.1 Å². The number of rotatable bonds is 4. The van der Waals surface area contributed by atoms with Crippen molar-refractivity contribution in [2.45, 2.75) is 32.2 Å². The predicted molar refractivity (Wildman–Crippen MR) is 92.6 cm³/mol. The molecule has 1 aliphatic rings. The van der Waals surface area contributed by atoms with E-state index in [4.69, 9.17) is 0 Å². The van der Waals surface area contributed by atoms with Crippen molar-refractivity contribution in [3.05, 3.63) is 59.9 Å². The Morgan fingerprint density at radius 3 is 2.88 bits per heavy atom. The number of hydrogen-bond donors (Lipinski definition) is 1. The van der Waals surface area contributed by atoms with Gasteiger partial charge in [-0.15, -0.1) is 0 Å². The van der Waals surface area contributed by atoms with Gasteiger partial charge < -0.3 is 10.2 Å². The third kappa shape index (κ3) is 3.45. The maximum Gasteiger partial charge on any atom is 0.254 e. The molecule has 0 saturated carbocycles. The van der Waals surface area contributed by atoms with Crippen LogP contribution in [0.4, 0.5) is 5.69 Å². The molecule has 0 spiro atoms. The van der Waals surface area contributed by atoms with Gasteiger partial charge in [0.05, 0.1) is 11.7 Å². The molecule has 1 aromatic heterocycles. The van der Waals surface area contributed by atoms with Crippen LogP contribution in [-0.2, 0) is 4.79 Å². The molecule has 24 heavy (non-hydrogen) atoms. The topological polar surface area (TPSA) is 62.3 Å². The van der Waals surface area contributed by atoms with Crippen LogP contribution < -0.4 is 5.32 Å². The highest BCUT2D eigenvalue weighted by molar-refractivity contribution is 5.97. The summed E-state index contributed by atoms with van der Waals surface area (Å²) < 4.78 is 0. The second-order valence-corrected chi connectivity index (χ2v) is 5.89. The first-order valence-electron chi connectivity index (χ1n) is 8.31. The maximum absolute atomic E-state index is 12.9. The van der Waals surface area contributed by atoms with E-state index in [-0.39, 0.29) is 17.9 Å². The first-order chi connectivity index (χ1) is 11.7. The molecule has 5 heteroatoms. The number of benzene rings is 1. The SMILES string of the molecule is CCC(=O)Nc1cccc(C(=O)N2CCCC2c2ccccn2)c1. The average molecular weight is 323 g/mol. The van der Waals surface area contributed by atoms with E-state index >= 15 is 0 Å². The molecule has 2 aromatic rings. The number of likely N-dealkylation sites (tertiary alicyclic amines) is 1. The number of amides is 2. The number of pyridine rings is 1. The number of hydrogen-bond acceptors (Lipinski definition) is 3. The molecule has 1 atom stereocenters. The van der Waals surface area contributed by atoms with Crippen LogP contribution in [0.15, 0.2) is 48.7 Å². The summed E-state index contributed by atoms with van der Waals surface area (Å²) in [6.45, 7) is 2.53. The van der Waals surface area contributed by atoms with Gasteiger partial charge in [0.2, 0.25) is 5.91 Å². The summed E-state index contributed by atoms with van der Waals surface area (Å²) in [5.74, 6) is -0.0807. The molecule has 2 heterocycles. The lowest BCUT2D eigenvalue weighted by Gasteiger charge is -2.24. The molecular weight excluding hydrogens is 302 g/mol. The summed E-state index contributed by atoms with van der Waals surface area (Å²) in [6, 6.07) is 12.9. The molecule has 1 N–H and O–H groups in total. The van der Waals surface area contributed by atoms with Crippen molar-refractivity contribution in [3.8, 4) is 0 Å². The molecule has 0 aliphatic carbocycles. The van der Waals surface area contributed by atoms with E-state index in [0.29, 0.717) is 17.7 Å². The van der Waals surface area contributed by atoms with Gasteiger partial charge in [-0.05, 0) is 43.2 Å². The largest absolute Gasteiger partial charge is 0.330 e. The van der Waals surface area contributed by atoms with Crippen LogP contribution in [0.5, 0.6) is 0 Å². The molecule has 5 nitrogen and oxygen atoms in total. The predicted octanol–water partition coefficient (Wildman–Crippen LogP) is 3.41. The Hall–Kier alpha value is -2.69. The summed E-state index contributed by atoms with van der Waals surface area (Å²) in [4.78, 5) is 30.7. The first-order valence-corrected chi connectivity index (χ1v) is 8.31. The summed E-state index contributed by atoms with van der Waals surface area (Å²) in [5, 5.41) is 2.80. The number of nitrogens with zero attached hydrogens (tertiary/aromatic N) is 2. The van der Waals surface area contributed by atoms with Gasteiger partial charge in [0.25, 0.3) is 5.91 Å². The van der Waals surface area contributed by atoms with E-state index in [1.165, 1.54) is 0 Å². The molecule has 3 rings (SSSR count). The van der Waals surface area contributed by atoms with Gasteiger partial charge in [0.15, 0.2) is 0 Å². The zero-order chi connectivity index (χ0) is 16.9. The summed E-state index contributed by atoms with van der Waals surface area (Å²) in [5.41, 5.74) is 2.17. The standard InChI is InChI=1S/C19H21N3O2/c1-2-18(23)21-15-8-5-7-14(13-15)19(24)22-12-6-10-17(22)16-9-3-4-11-20-16/h3-5,7-9,11,13,17H,2,6,10,12H2,1H3,(H,21,23). The van der Waals surface area contributed by atoms with Gasteiger partial charge >= 0.3 is 0 Å². The molecule has 124 valence electrons. The second kappa shape index (κ2) is 7.25. The van der Waals surface area contributed by atoms with Gasteiger partial charge in [-0.25, -0.2) is 0 Å². The highest BCUT2D eigenvalue weighted by Crippen LogP contribution is 2.32. The van der Waals surface area contributed by atoms with Gasteiger partial charge in [0, 0.05) is 30.4 Å². The lowest BCUT2D eigenvalue weighted by atomic mass is 10.1. The number of nitrogens with one attached hydrogen (secondary N) is 1. The fraction of sp³-hybridized carbons (Fsp3) is 0.316. The minimum absolute atomic E-state index is 0.0178. The number of aromatic nitrogens is 1. The Balaban J connectivity index is 1.80. The van der Waals surface area contributed by atoms with Gasteiger partial charge in [0.1, 0.15) is 0 Å². The molecule has 2 amide bonds. The van der Waals surface area contributed by atoms with Crippen LogP contribution in [0.25, 0.3) is 0 Å². The van der Waals surface area contributed by atoms with E-state index < -0.39 is 0 Å². The zero-order valence-corrected chi connectivity index (χ0v) is 13.7. The molecule has 1 saturated heterocycles. The van der Waals surface area contributed by atoms with Crippen molar-refractivity contribution >= 4 is 17.5 Å². The number of carbonyl (C=O) groups is 2. The lowest BCUT2D eigenvalue weighted by Crippen LogP contribution is -2.31. The molecule has 1 aromatic carbocycles. The molecular formula is C19H21N3O2. The van der Waals surface area contributed by atoms with E-state index in [1.807, 2.05) is 23.1 Å². The minimum Gasteiger partial charge on any atom is -0.330 e. The van der Waals surface area contributed by atoms with E-state index in [9.17, 15) is 9.59 Å². The highest BCUT2D eigenvalue weighted by Gasteiger charge is 2.31. The minimum atomic E-state index is -0.0628. The van der Waals surface area contributed by atoms with Crippen molar-refractivity contribution in [1.82, 2.24) is 9.88 Å². The average Bonchev–Trinajstić information content (AvgIpc) is 3.11. The molecule has 0 bridgehead atoms. The van der Waals surface area contributed by atoms with Crippen molar-refractivity contribution in [3.63, 3.8) is 0 Å².